The van der Waals surface area contributed by atoms with E-state index >= 15 is 0 Å². The predicted octanol–water partition coefficient (Wildman–Crippen LogP) is 4.87. The Hall–Kier alpha value is -2.71. The average molecular weight is 414 g/mol. The van der Waals surface area contributed by atoms with Crippen LogP contribution in [0.15, 0.2) is 41.8 Å². The number of hydrogen-bond acceptors (Lipinski definition) is 6. The molecule has 6 nitrogen and oxygen atoms in total. The molecule has 4 rings (SSSR count). The third-order valence-corrected chi connectivity index (χ3v) is 5.97. The third-order valence-electron chi connectivity index (χ3n) is 4.21. The zero-order chi connectivity index (χ0) is 19.5. The van der Waals surface area contributed by atoms with E-state index in [9.17, 15) is 9.59 Å². The van der Waals surface area contributed by atoms with Gasteiger partial charge in [-0.05, 0) is 44.0 Å². The summed E-state index contributed by atoms with van der Waals surface area (Å²) in [6.07, 6.45) is 1.90. The molecule has 1 aliphatic rings. The van der Waals surface area contributed by atoms with Gasteiger partial charge < -0.3 is 10.1 Å². The van der Waals surface area contributed by atoms with Gasteiger partial charge in [-0.25, -0.2) is 4.98 Å². The largest absolute Gasteiger partial charge is 0.493 e. The lowest BCUT2D eigenvalue weighted by Gasteiger charge is -2.07. The molecule has 0 bridgehead atoms. The minimum absolute atomic E-state index is 0.0336. The van der Waals surface area contributed by atoms with Gasteiger partial charge in [-0.3, -0.25) is 14.9 Å². The second-order valence-corrected chi connectivity index (χ2v) is 8.29. The van der Waals surface area contributed by atoms with E-state index in [4.69, 9.17) is 4.74 Å². The normalized spacial score (nSPS) is 13.2. The number of thiazole rings is 1. The summed E-state index contributed by atoms with van der Waals surface area (Å²) in [6, 6.07) is 11.2. The van der Waals surface area contributed by atoms with Crippen LogP contribution in [0.3, 0.4) is 0 Å². The van der Waals surface area contributed by atoms with Crippen molar-refractivity contribution < 1.29 is 14.3 Å². The molecule has 1 fully saturated rings. The second kappa shape index (κ2) is 8.12. The van der Waals surface area contributed by atoms with E-state index < -0.39 is 0 Å². The van der Waals surface area contributed by atoms with Crippen LogP contribution in [-0.4, -0.2) is 23.4 Å². The number of nitrogens with zero attached hydrogens (tertiary/aromatic N) is 1. The minimum atomic E-state index is -0.240. The number of nitrogens with one attached hydrogen (secondary N) is 2. The van der Waals surface area contributed by atoms with Crippen molar-refractivity contribution in [1.82, 2.24) is 4.98 Å². The first-order valence-corrected chi connectivity index (χ1v) is 10.7. The van der Waals surface area contributed by atoms with Crippen LogP contribution >= 0.6 is 22.7 Å². The first kappa shape index (κ1) is 18.6. The fourth-order valence-electron chi connectivity index (χ4n) is 2.67. The highest BCUT2D eigenvalue weighted by Gasteiger charge is 2.29. The SMILES string of the molecule is CCOc1ccccc1-c1csc(NC(=O)c2ccc(NC(=O)C3CC3)s2)n1. The summed E-state index contributed by atoms with van der Waals surface area (Å²) in [7, 11) is 0. The van der Waals surface area contributed by atoms with Gasteiger partial charge in [-0.1, -0.05) is 12.1 Å². The van der Waals surface area contributed by atoms with Gasteiger partial charge in [0.1, 0.15) is 5.75 Å². The monoisotopic (exact) mass is 413 g/mol. The van der Waals surface area contributed by atoms with Crippen LogP contribution in [0, 0.1) is 5.92 Å². The number of amides is 2. The van der Waals surface area contributed by atoms with E-state index in [0.29, 0.717) is 21.6 Å². The van der Waals surface area contributed by atoms with Crippen LogP contribution in [0.5, 0.6) is 5.75 Å². The van der Waals surface area contributed by atoms with Crippen LogP contribution in [0.25, 0.3) is 11.3 Å². The Morgan fingerprint density at radius 1 is 1.18 bits per heavy atom. The number of thiophene rings is 1. The molecule has 144 valence electrons. The number of anilines is 2. The highest BCUT2D eigenvalue weighted by atomic mass is 32.1. The molecule has 0 aliphatic heterocycles. The predicted molar refractivity (Wildman–Crippen MR) is 112 cm³/mol. The molecule has 2 amide bonds. The lowest BCUT2D eigenvalue weighted by Crippen LogP contribution is -2.12. The second-order valence-electron chi connectivity index (χ2n) is 6.35. The number of benzene rings is 1. The van der Waals surface area contributed by atoms with Gasteiger partial charge >= 0.3 is 0 Å². The molecule has 28 heavy (non-hydrogen) atoms. The first-order valence-electron chi connectivity index (χ1n) is 9.04. The number of ether oxygens (including phenoxy) is 1. The Balaban J connectivity index is 1.43. The Morgan fingerprint density at radius 2 is 2.00 bits per heavy atom. The maximum Gasteiger partial charge on any atom is 0.267 e. The molecule has 8 heteroatoms. The highest BCUT2D eigenvalue weighted by molar-refractivity contribution is 7.18. The maximum absolute atomic E-state index is 12.5. The van der Waals surface area contributed by atoms with Crippen molar-refractivity contribution in [2.45, 2.75) is 19.8 Å². The number of para-hydroxylation sites is 1. The van der Waals surface area contributed by atoms with Gasteiger partial charge in [0.05, 0.1) is 22.2 Å². The van der Waals surface area contributed by atoms with E-state index in [1.165, 1.54) is 22.7 Å². The lowest BCUT2D eigenvalue weighted by atomic mass is 10.1. The molecule has 1 aromatic carbocycles. The molecule has 2 heterocycles. The fraction of sp³-hybridized carbons (Fsp3) is 0.250. The molecule has 0 unspecified atom stereocenters. The highest BCUT2D eigenvalue weighted by Crippen LogP contribution is 2.33. The summed E-state index contributed by atoms with van der Waals surface area (Å²) in [6.45, 7) is 2.51. The number of carbonyl (C=O) groups is 2. The Morgan fingerprint density at radius 3 is 2.79 bits per heavy atom. The van der Waals surface area contributed by atoms with Crippen molar-refractivity contribution in [2.24, 2.45) is 5.92 Å². The topological polar surface area (TPSA) is 80.3 Å². The number of carbonyl (C=O) groups excluding carboxylic acids is 2. The van der Waals surface area contributed by atoms with Gasteiger partial charge in [0, 0.05) is 16.9 Å². The van der Waals surface area contributed by atoms with Crippen molar-refractivity contribution in [3.05, 3.63) is 46.7 Å². The first-order chi connectivity index (χ1) is 13.6. The summed E-state index contributed by atoms with van der Waals surface area (Å²) in [5, 5.41) is 8.78. The number of rotatable bonds is 7. The summed E-state index contributed by atoms with van der Waals surface area (Å²) in [5.41, 5.74) is 1.65. The van der Waals surface area contributed by atoms with E-state index in [1.807, 2.05) is 36.6 Å². The van der Waals surface area contributed by atoms with Gasteiger partial charge in [0.25, 0.3) is 5.91 Å². The van der Waals surface area contributed by atoms with E-state index in [-0.39, 0.29) is 17.7 Å². The Kier molecular flexibility index (Phi) is 5.40. The molecule has 1 aliphatic carbocycles. The Bertz CT molecular complexity index is 1010. The van der Waals surface area contributed by atoms with Crippen molar-refractivity contribution in [1.29, 1.82) is 0 Å². The summed E-state index contributed by atoms with van der Waals surface area (Å²) in [5.74, 6) is 0.692. The summed E-state index contributed by atoms with van der Waals surface area (Å²) in [4.78, 5) is 29.4. The molecular formula is C20H19N3O3S2. The molecule has 2 aromatic heterocycles. The molecule has 0 atom stereocenters. The smallest absolute Gasteiger partial charge is 0.267 e. The molecule has 1 saturated carbocycles. The van der Waals surface area contributed by atoms with Crippen LogP contribution in [0.4, 0.5) is 10.1 Å². The fourth-order valence-corrected chi connectivity index (χ4v) is 4.18. The molecule has 0 saturated heterocycles. The number of hydrogen-bond donors (Lipinski definition) is 2. The van der Waals surface area contributed by atoms with Crippen molar-refractivity contribution in [3.63, 3.8) is 0 Å². The molecule has 0 radical (unpaired) electrons. The molecule has 3 aromatic rings. The van der Waals surface area contributed by atoms with Crippen LogP contribution in [0.1, 0.15) is 29.4 Å². The van der Waals surface area contributed by atoms with Crippen molar-refractivity contribution in [3.8, 4) is 17.0 Å². The molecular weight excluding hydrogens is 394 g/mol. The zero-order valence-corrected chi connectivity index (χ0v) is 16.9. The van der Waals surface area contributed by atoms with Crippen LogP contribution < -0.4 is 15.4 Å². The van der Waals surface area contributed by atoms with Gasteiger partial charge in [0.2, 0.25) is 5.91 Å². The van der Waals surface area contributed by atoms with Gasteiger partial charge in [-0.15, -0.1) is 22.7 Å². The third kappa shape index (κ3) is 4.23. The summed E-state index contributed by atoms with van der Waals surface area (Å²) < 4.78 is 5.65. The summed E-state index contributed by atoms with van der Waals surface area (Å²) >= 11 is 2.62. The van der Waals surface area contributed by atoms with Crippen LogP contribution in [0.2, 0.25) is 0 Å². The van der Waals surface area contributed by atoms with E-state index in [1.54, 1.807) is 12.1 Å². The number of aromatic nitrogens is 1. The molecule has 2 N–H and O–H groups in total. The standard InChI is InChI=1S/C20H19N3O3S2/c1-2-26-15-6-4-3-5-13(15)14-11-27-20(21-14)23-19(25)16-9-10-17(28-16)22-18(24)12-7-8-12/h3-6,9-12H,2,7-8H2,1H3,(H,22,24)(H,21,23,25). The maximum atomic E-state index is 12.5. The average Bonchev–Trinajstić information content (AvgIpc) is 3.28. The van der Waals surface area contributed by atoms with Crippen molar-refractivity contribution in [2.75, 3.05) is 17.2 Å². The van der Waals surface area contributed by atoms with E-state index in [2.05, 4.69) is 15.6 Å². The quantitative estimate of drug-likeness (QED) is 0.579. The van der Waals surface area contributed by atoms with E-state index in [0.717, 1.165) is 29.8 Å². The Labute approximate surface area is 170 Å². The van der Waals surface area contributed by atoms with Crippen molar-refractivity contribution >= 4 is 44.6 Å². The van der Waals surface area contributed by atoms with Gasteiger partial charge in [-0.2, -0.15) is 0 Å². The van der Waals surface area contributed by atoms with Gasteiger partial charge in [0.15, 0.2) is 5.13 Å². The van der Waals surface area contributed by atoms with Crippen LogP contribution in [-0.2, 0) is 4.79 Å². The zero-order valence-electron chi connectivity index (χ0n) is 15.2. The molecule has 0 spiro atoms. The lowest BCUT2D eigenvalue weighted by molar-refractivity contribution is -0.117. The minimum Gasteiger partial charge on any atom is -0.493 e.